The highest BCUT2D eigenvalue weighted by Gasteiger charge is 2.23. The lowest BCUT2D eigenvalue weighted by Crippen LogP contribution is -2.26. The Morgan fingerprint density at radius 3 is 2.32 bits per heavy atom. The van der Waals surface area contributed by atoms with Crippen molar-refractivity contribution >= 4 is 11.5 Å². The summed E-state index contributed by atoms with van der Waals surface area (Å²) in [5.74, 6) is 0.348. The second-order valence-corrected chi connectivity index (χ2v) is 8.72. The zero-order chi connectivity index (χ0) is 24.1. The molecular weight excluding hydrogens is 424 g/mol. The number of aliphatic carboxylic acids is 1. The number of carboxylic acids is 1. The maximum Gasteiger partial charge on any atom is 0.333 e. The van der Waals surface area contributed by atoms with E-state index in [9.17, 15) is 9.90 Å². The first-order valence-electron chi connectivity index (χ1n) is 12.0. The molecule has 0 fully saturated rings. The molecular formula is C30H32O4. The highest BCUT2D eigenvalue weighted by molar-refractivity contribution is 6.01. The summed E-state index contributed by atoms with van der Waals surface area (Å²) in [6.07, 6.45) is 2.78. The zero-order valence-electron chi connectivity index (χ0n) is 20.1. The Bertz CT molecular complexity index is 1180. The van der Waals surface area contributed by atoms with E-state index < -0.39 is 12.1 Å². The molecule has 0 spiro atoms. The molecule has 0 radical (unpaired) electrons. The molecule has 1 aliphatic rings. The number of hydrogen-bond donors (Lipinski definition) is 1. The fourth-order valence-corrected chi connectivity index (χ4v) is 4.46. The molecule has 4 rings (SSSR count). The standard InChI is InChI=1S/C30H32O4/c1-4-20(3)22-12-15-26-27(24-8-6-7-9-25(24)28(26)19-22)16-17-34-23-13-10-21(11-14-23)18-29(30(31)32)33-5-2/h6-16,19-20,29H,4-5,17-18H2,1-3H3,(H,31,32). The summed E-state index contributed by atoms with van der Waals surface area (Å²) in [7, 11) is 0. The molecule has 1 aliphatic carbocycles. The number of ether oxygens (including phenoxy) is 2. The lowest BCUT2D eigenvalue weighted by atomic mass is 9.94. The Hall–Kier alpha value is -3.37. The highest BCUT2D eigenvalue weighted by Crippen LogP contribution is 2.45. The van der Waals surface area contributed by atoms with E-state index in [0.717, 1.165) is 17.7 Å². The van der Waals surface area contributed by atoms with Gasteiger partial charge in [-0.25, -0.2) is 4.79 Å². The molecule has 4 heteroatoms. The van der Waals surface area contributed by atoms with E-state index in [2.05, 4.69) is 62.4 Å². The van der Waals surface area contributed by atoms with E-state index in [1.165, 1.54) is 33.4 Å². The molecule has 0 saturated heterocycles. The van der Waals surface area contributed by atoms with Gasteiger partial charge in [-0.3, -0.25) is 0 Å². The largest absolute Gasteiger partial charge is 0.490 e. The number of carbonyl (C=O) groups is 1. The molecule has 0 aromatic heterocycles. The van der Waals surface area contributed by atoms with E-state index in [4.69, 9.17) is 9.47 Å². The van der Waals surface area contributed by atoms with Crippen molar-refractivity contribution in [3.63, 3.8) is 0 Å². The van der Waals surface area contributed by atoms with Crippen molar-refractivity contribution in [3.05, 3.63) is 95.1 Å². The third-order valence-electron chi connectivity index (χ3n) is 6.55. The van der Waals surface area contributed by atoms with E-state index in [1.54, 1.807) is 6.92 Å². The average Bonchev–Trinajstić information content (AvgIpc) is 3.17. The smallest absolute Gasteiger partial charge is 0.333 e. The van der Waals surface area contributed by atoms with E-state index in [1.807, 2.05) is 24.3 Å². The summed E-state index contributed by atoms with van der Waals surface area (Å²) in [6.45, 7) is 7.12. The van der Waals surface area contributed by atoms with Crippen molar-refractivity contribution in [2.24, 2.45) is 0 Å². The SMILES string of the molecule is CCOC(Cc1ccc(OCC=C2c3ccccc3-c3cc(C(C)CC)ccc32)cc1)C(=O)O. The van der Waals surface area contributed by atoms with Gasteiger partial charge in [0.25, 0.3) is 0 Å². The van der Waals surface area contributed by atoms with Crippen molar-refractivity contribution in [1.29, 1.82) is 0 Å². The van der Waals surface area contributed by atoms with Gasteiger partial charge in [-0.2, -0.15) is 0 Å². The quantitative estimate of drug-likeness (QED) is 0.288. The van der Waals surface area contributed by atoms with Crippen LogP contribution in [-0.4, -0.2) is 30.4 Å². The van der Waals surface area contributed by atoms with Gasteiger partial charge in [0.2, 0.25) is 0 Å². The molecule has 1 N–H and O–H groups in total. The summed E-state index contributed by atoms with van der Waals surface area (Å²) in [5, 5.41) is 9.28. The van der Waals surface area contributed by atoms with Gasteiger partial charge >= 0.3 is 5.97 Å². The lowest BCUT2D eigenvalue weighted by molar-refractivity contribution is -0.149. The molecule has 176 valence electrons. The van der Waals surface area contributed by atoms with Crippen LogP contribution < -0.4 is 4.74 Å². The number of hydrogen-bond acceptors (Lipinski definition) is 3. The topological polar surface area (TPSA) is 55.8 Å². The number of carboxylic acid groups (broad SMARTS) is 1. The van der Waals surface area contributed by atoms with Gasteiger partial charge < -0.3 is 14.6 Å². The molecule has 3 aromatic carbocycles. The Morgan fingerprint density at radius 1 is 0.941 bits per heavy atom. The Morgan fingerprint density at radius 2 is 1.65 bits per heavy atom. The van der Waals surface area contributed by atoms with Crippen molar-refractivity contribution in [2.75, 3.05) is 13.2 Å². The van der Waals surface area contributed by atoms with Crippen molar-refractivity contribution in [1.82, 2.24) is 0 Å². The van der Waals surface area contributed by atoms with E-state index >= 15 is 0 Å². The average molecular weight is 457 g/mol. The molecule has 0 bridgehead atoms. The molecule has 0 amide bonds. The van der Waals surface area contributed by atoms with Gasteiger partial charge in [-0.1, -0.05) is 68.4 Å². The molecule has 0 aliphatic heterocycles. The summed E-state index contributed by atoms with van der Waals surface area (Å²) in [4.78, 5) is 11.3. The van der Waals surface area contributed by atoms with Gasteiger partial charge in [0.1, 0.15) is 12.4 Å². The fourth-order valence-electron chi connectivity index (χ4n) is 4.46. The van der Waals surface area contributed by atoms with Gasteiger partial charge in [0, 0.05) is 13.0 Å². The lowest BCUT2D eigenvalue weighted by Gasteiger charge is -2.13. The predicted molar refractivity (Wildman–Crippen MR) is 136 cm³/mol. The second kappa shape index (κ2) is 10.7. The summed E-state index contributed by atoms with van der Waals surface area (Å²) in [6, 6.07) is 22.9. The zero-order valence-corrected chi connectivity index (χ0v) is 20.1. The highest BCUT2D eigenvalue weighted by atomic mass is 16.5. The van der Waals surface area contributed by atoms with Crippen molar-refractivity contribution in [2.45, 2.75) is 45.6 Å². The van der Waals surface area contributed by atoms with Gasteiger partial charge in [-0.05, 0) is 76.4 Å². The maximum absolute atomic E-state index is 11.3. The third-order valence-corrected chi connectivity index (χ3v) is 6.55. The van der Waals surface area contributed by atoms with Crippen LogP contribution in [0, 0.1) is 0 Å². The molecule has 0 saturated carbocycles. The van der Waals surface area contributed by atoms with Gasteiger partial charge in [0.05, 0.1) is 0 Å². The van der Waals surface area contributed by atoms with Crippen LogP contribution in [0.25, 0.3) is 16.7 Å². The van der Waals surface area contributed by atoms with Gasteiger partial charge in [-0.15, -0.1) is 0 Å². The van der Waals surface area contributed by atoms with Crippen LogP contribution in [0.15, 0.2) is 72.8 Å². The Labute approximate surface area is 201 Å². The monoisotopic (exact) mass is 456 g/mol. The first-order chi connectivity index (χ1) is 16.5. The van der Waals surface area contributed by atoms with Crippen molar-refractivity contribution in [3.8, 4) is 16.9 Å². The summed E-state index contributed by atoms with van der Waals surface area (Å²) in [5.41, 5.74) is 8.56. The minimum atomic E-state index is -0.942. The first-order valence-corrected chi connectivity index (χ1v) is 12.0. The van der Waals surface area contributed by atoms with Crippen LogP contribution in [0.4, 0.5) is 0 Å². The maximum atomic E-state index is 11.3. The number of benzene rings is 3. The third kappa shape index (κ3) is 5.07. The van der Waals surface area contributed by atoms with Crippen LogP contribution in [0.2, 0.25) is 0 Å². The fraction of sp³-hybridized carbons (Fsp3) is 0.300. The Balaban J connectivity index is 1.49. The first kappa shape index (κ1) is 23.8. The second-order valence-electron chi connectivity index (χ2n) is 8.72. The molecule has 3 aromatic rings. The van der Waals surface area contributed by atoms with E-state index in [-0.39, 0.29) is 0 Å². The normalized spacial score (nSPS) is 15.0. The molecule has 2 atom stereocenters. The molecule has 34 heavy (non-hydrogen) atoms. The minimum Gasteiger partial charge on any atom is -0.490 e. The van der Waals surface area contributed by atoms with Crippen LogP contribution in [0.1, 0.15) is 55.4 Å². The summed E-state index contributed by atoms with van der Waals surface area (Å²) >= 11 is 0. The van der Waals surface area contributed by atoms with Crippen molar-refractivity contribution < 1.29 is 19.4 Å². The molecule has 4 nitrogen and oxygen atoms in total. The van der Waals surface area contributed by atoms with Crippen LogP contribution >= 0.6 is 0 Å². The van der Waals surface area contributed by atoms with Crippen LogP contribution in [0.5, 0.6) is 5.75 Å². The minimum absolute atomic E-state index is 0.333. The molecule has 2 unspecified atom stereocenters. The van der Waals surface area contributed by atoms with E-state index in [0.29, 0.717) is 25.6 Å². The van der Waals surface area contributed by atoms with Crippen LogP contribution in [0.3, 0.4) is 0 Å². The number of fused-ring (bicyclic) bond motifs is 3. The van der Waals surface area contributed by atoms with Crippen LogP contribution in [-0.2, 0) is 16.0 Å². The Kier molecular flexibility index (Phi) is 7.49. The summed E-state index contributed by atoms with van der Waals surface area (Å²) < 4.78 is 11.3. The van der Waals surface area contributed by atoms with Gasteiger partial charge in [0.15, 0.2) is 6.10 Å². The molecule has 0 heterocycles. The predicted octanol–water partition coefficient (Wildman–Crippen LogP) is 6.72. The number of rotatable bonds is 10.